The fraction of sp³-hybridized carbons (Fsp3) is 0.125. The molecule has 0 aliphatic rings. The van der Waals surface area contributed by atoms with Gasteiger partial charge in [0.1, 0.15) is 5.82 Å². The molecule has 0 saturated carbocycles. The van der Waals surface area contributed by atoms with E-state index in [1.165, 1.54) is 24.3 Å². The topological polar surface area (TPSA) is 66.4 Å². The summed E-state index contributed by atoms with van der Waals surface area (Å²) in [5.74, 6) is -2.02. The van der Waals surface area contributed by atoms with Crippen LogP contribution in [0.3, 0.4) is 0 Å². The molecule has 2 N–H and O–H groups in total. The lowest BCUT2D eigenvalue weighted by Crippen LogP contribution is -2.14. The van der Waals surface area contributed by atoms with Crippen molar-refractivity contribution in [1.29, 1.82) is 0 Å². The molecule has 0 saturated heterocycles. The van der Waals surface area contributed by atoms with Crippen LogP contribution in [0.25, 0.3) is 0 Å². The molecule has 2 aromatic rings. The zero-order chi connectivity index (χ0) is 15.6. The average molecular weight is 287 g/mol. The lowest BCUT2D eigenvalue weighted by atomic mass is 10.1. The minimum Gasteiger partial charge on any atom is -0.478 e. The fourth-order valence-electron chi connectivity index (χ4n) is 1.82. The quantitative estimate of drug-likeness (QED) is 0.909. The number of carboxylic acid groups (broad SMARTS) is 1. The van der Waals surface area contributed by atoms with E-state index in [4.69, 9.17) is 5.11 Å². The molecule has 0 heterocycles. The first-order valence-electron chi connectivity index (χ1n) is 6.30. The number of hydrogen-bond acceptors (Lipinski definition) is 2. The number of benzene rings is 2. The first-order valence-corrected chi connectivity index (χ1v) is 6.30. The molecule has 0 fully saturated rings. The molecule has 0 radical (unpaired) electrons. The van der Waals surface area contributed by atoms with Crippen LogP contribution in [0, 0.1) is 19.7 Å². The molecule has 0 aliphatic carbocycles. The number of anilines is 1. The third-order valence-corrected chi connectivity index (χ3v) is 3.17. The average Bonchev–Trinajstić information content (AvgIpc) is 2.43. The molecule has 2 rings (SSSR count). The van der Waals surface area contributed by atoms with Crippen molar-refractivity contribution in [3.05, 3.63) is 64.5 Å². The van der Waals surface area contributed by atoms with E-state index >= 15 is 0 Å². The van der Waals surface area contributed by atoms with E-state index in [0.717, 1.165) is 11.6 Å². The molecular formula is C16H14FNO3. The molecule has 0 bridgehead atoms. The molecule has 0 unspecified atom stereocenters. The molecular weight excluding hydrogens is 273 g/mol. The second-order valence-corrected chi connectivity index (χ2v) is 4.75. The van der Waals surface area contributed by atoms with Crippen LogP contribution in [0.5, 0.6) is 0 Å². The predicted octanol–water partition coefficient (Wildman–Crippen LogP) is 3.39. The maximum Gasteiger partial charge on any atom is 0.335 e. The van der Waals surface area contributed by atoms with Crippen LogP contribution < -0.4 is 5.32 Å². The van der Waals surface area contributed by atoms with Gasteiger partial charge in [-0.15, -0.1) is 0 Å². The molecule has 108 valence electrons. The predicted molar refractivity (Wildman–Crippen MR) is 77.2 cm³/mol. The van der Waals surface area contributed by atoms with Gasteiger partial charge in [-0.1, -0.05) is 12.1 Å². The molecule has 1 amide bonds. The molecule has 4 nitrogen and oxygen atoms in total. The van der Waals surface area contributed by atoms with Gasteiger partial charge in [-0.25, -0.2) is 9.18 Å². The number of aryl methyl sites for hydroxylation is 2. The largest absolute Gasteiger partial charge is 0.478 e. The number of carboxylic acids is 1. The molecule has 0 aliphatic heterocycles. The van der Waals surface area contributed by atoms with Gasteiger partial charge in [0.25, 0.3) is 5.91 Å². The van der Waals surface area contributed by atoms with Crippen molar-refractivity contribution in [2.75, 3.05) is 5.32 Å². The summed E-state index contributed by atoms with van der Waals surface area (Å²) in [5.41, 5.74) is 1.82. The van der Waals surface area contributed by atoms with E-state index in [0.29, 0.717) is 11.3 Å². The minimum absolute atomic E-state index is 0.0750. The number of amides is 1. The van der Waals surface area contributed by atoms with E-state index in [-0.39, 0.29) is 11.1 Å². The summed E-state index contributed by atoms with van der Waals surface area (Å²) in [5, 5.41) is 11.6. The summed E-state index contributed by atoms with van der Waals surface area (Å²) in [7, 11) is 0. The maximum atomic E-state index is 13.5. The SMILES string of the molecule is Cc1ccc(C(=O)Nc2cc(C(=O)O)ccc2C)cc1F. The summed E-state index contributed by atoms with van der Waals surface area (Å²) >= 11 is 0. The second-order valence-electron chi connectivity index (χ2n) is 4.75. The van der Waals surface area contributed by atoms with Crippen molar-refractivity contribution < 1.29 is 19.1 Å². The Morgan fingerprint density at radius 2 is 1.62 bits per heavy atom. The third-order valence-electron chi connectivity index (χ3n) is 3.17. The number of hydrogen-bond donors (Lipinski definition) is 2. The van der Waals surface area contributed by atoms with Crippen molar-refractivity contribution >= 4 is 17.6 Å². The zero-order valence-electron chi connectivity index (χ0n) is 11.6. The Kier molecular flexibility index (Phi) is 4.03. The summed E-state index contributed by atoms with van der Waals surface area (Å²) in [6, 6.07) is 8.63. The van der Waals surface area contributed by atoms with Crippen molar-refractivity contribution in [1.82, 2.24) is 0 Å². The Hall–Kier alpha value is -2.69. The van der Waals surface area contributed by atoms with Crippen LogP contribution in [0.1, 0.15) is 31.8 Å². The van der Waals surface area contributed by atoms with Crippen LogP contribution in [0.2, 0.25) is 0 Å². The summed E-state index contributed by atoms with van der Waals surface area (Å²) in [6.45, 7) is 3.36. The molecule has 21 heavy (non-hydrogen) atoms. The van der Waals surface area contributed by atoms with Crippen LogP contribution in [-0.2, 0) is 0 Å². The Balaban J connectivity index is 2.28. The smallest absolute Gasteiger partial charge is 0.335 e. The van der Waals surface area contributed by atoms with E-state index < -0.39 is 17.7 Å². The van der Waals surface area contributed by atoms with Crippen molar-refractivity contribution in [3.63, 3.8) is 0 Å². The number of carbonyl (C=O) groups is 2. The number of rotatable bonds is 3. The van der Waals surface area contributed by atoms with Crippen LogP contribution in [0.4, 0.5) is 10.1 Å². The van der Waals surface area contributed by atoms with Crippen molar-refractivity contribution in [2.45, 2.75) is 13.8 Å². The Bertz CT molecular complexity index is 725. The number of nitrogens with one attached hydrogen (secondary N) is 1. The highest BCUT2D eigenvalue weighted by atomic mass is 19.1. The highest BCUT2D eigenvalue weighted by Crippen LogP contribution is 2.18. The lowest BCUT2D eigenvalue weighted by Gasteiger charge is -2.10. The first-order chi connectivity index (χ1) is 9.88. The maximum absolute atomic E-state index is 13.5. The van der Waals surface area contributed by atoms with Gasteiger partial charge in [-0.2, -0.15) is 0 Å². The van der Waals surface area contributed by atoms with Gasteiger partial charge >= 0.3 is 5.97 Å². The van der Waals surface area contributed by atoms with E-state index in [2.05, 4.69) is 5.32 Å². The Morgan fingerprint density at radius 1 is 1.00 bits per heavy atom. The van der Waals surface area contributed by atoms with Gasteiger partial charge in [0, 0.05) is 11.3 Å². The van der Waals surface area contributed by atoms with Crippen LogP contribution in [0.15, 0.2) is 36.4 Å². The van der Waals surface area contributed by atoms with Crippen molar-refractivity contribution in [3.8, 4) is 0 Å². The standard InChI is InChI=1S/C16H14FNO3/c1-9-3-5-11(7-13(9)17)15(19)18-14-8-12(16(20)21)6-4-10(14)2/h3-8H,1-2H3,(H,18,19)(H,20,21). The van der Waals surface area contributed by atoms with Gasteiger partial charge in [0.05, 0.1) is 5.56 Å². The second kappa shape index (κ2) is 5.75. The van der Waals surface area contributed by atoms with E-state index in [1.54, 1.807) is 19.9 Å². The lowest BCUT2D eigenvalue weighted by molar-refractivity contribution is 0.0696. The van der Waals surface area contributed by atoms with E-state index in [9.17, 15) is 14.0 Å². The van der Waals surface area contributed by atoms with Crippen LogP contribution >= 0.6 is 0 Å². The van der Waals surface area contributed by atoms with Crippen molar-refractivity contribution in [2.24, 2.45) is 0 Å². The minimum atomic E-state index is -1.08. The van der Waals surface area contributed by atoms with Gasteiger partial charge in [0.15, 0.2) is 0 Å². The van der Waals surface area contributed by atoms with E-state index in [1.807, 2.05) is 0 Å². The third kappa shape index (κ3) is 3.25. The molecule has 5 heteroatoms. The summed E-state index contributed by atoms with van der Waals surface area (Å²) < 4.78 is 13.5. The normalized spacial score (nSPS) is 10.2. The monoisotopic (exact) mass is 287 g/mol. The Morgan fingerprint density at radius 3 is 2.24 bits per heavy atom. The fourth-order valence-corrected chi connectivity index (χ4v) is 1.82. The summed E-state index contributed by atoms with van der Waals surface area (Å²) in [4.78, 5) is 23.0. The van der Waals surface area contributed by atoms with Gasteiger partial charge < -0.3 is 10.4 Å². The Labute approximate surface area is 121 Å². The van der Waals surface area contributed by atoms with Gasteiger partial charge in [-0.05, 0) is 49.2 Å². The number of aromatic carboxylic acids is 1. The zero-order valence-corrected chi connectivity index (χ0v) is 11.6. The first kappa shape index (κ1) is 14.7. The molecule has 0 atom stereocenters. The van der Waals surface area contributed by atoms with Crippen LogP contribution in [-0.4, -0.2) is 17.0 Å². The van der Waals surface area contributed by atoms with Gasteiger partial charge in [-0.3, -0.25) is 4.79 Å². The highest BCUT2D eigenvalue weighted by molar-refractivity contribution is 6.05. The molecule has 0 aromatic heterocycles. The molecule has 0 spiro atoms. The number of halogens is 1. The van der Waals surface area contributed by atoms with Gasteiger partial charge in [0.2, 0.25) is 0 Å². The highest BCUT2D eigenvalue weighted by Gasteiger charge is 2.12. The number of carbonyl (C=O) groups excluding carboxylic acids is 1. The molecule has 2 aromatic carbocycles. The summed E-state index contributed by atoms with van der Waals surface area (Å²) in [6.07, 6.45) is 0.